The molecule has 0 unspecified atom stereocenters. The lowest BCUT2D eigenvalue weighted by Gasteiger charge is -2.40. The van der Waals surface area contributed by atoms with Crippen molar-refractivity contribution in [2.45, 2.75) is 49.8 Å². The summed E-state index contributed by atoms with van der Waals surface area (Å²) >= 11 is 0. The highest BCUT2D eigenvalue weighted by molar-refractivity contribution is 5.97. The van der Waals surface area contributed by atoms with Gasteiger partial charge in [-0.05, 0) is 48.4 Å². The van der Waals surface area contributed by atoms with Crippen molar-refractivity contribution in [3.8, 4) is 23.0 Å². The predicted octanol–water partition coefficient (Wildman–Crippen LogP) is 0.437. The minimum atomic E-state index is -1.72. The van der Waals surface area contributed by atoms with Crippen LogP contribution in [0.3, 0.4) is 0 Å². The molecule has 4 rings (SSSR count). The number of aliphatic hydroxyl groups excluding tert-OH is 4. The Morgan fingerprint density at radius 3 is 2.39 bits per heavy atom. The van der Waals surface area contributed by atoms with Crippen molar-refractivity contribution in [2.24, 2.45) is 0 Å². The van der Waals surface area contributed by atoms with Gasteiger partial charge in [-0.2, -0.15) is 0 Å². The minimum Gasteiger partial charge on any atom is -0.507 e. The normalized spacial score (nSPS) is 27.3. The molecule has 2 aliphatic rings. The maximum absolute atomic E-state index is 12.1. The summed E-state index contributed by atoms with van der Waals surface area (Å²) < 4.78 is 21.8. The topological polar surface area (TPSA) is 213 Å². The molecular formula is C28H30O13. The fourth-order valence-electron chi connectivity index (χ4n) is 4.35. The molecular weight excluding hydrogens is 544 g/mol. The summed E-state index contributed by atoms with van der Waals surface area (Å²) in [6.45, 7) is 4.25. The molecule has 0 saturated carbocycles. The van der Waals surface area contributed by atoms with Crippen molar-refractivity contribution < 1.29 is 64.3 Å². The molecule has 0 aromatic heterocycles. The van der Waals surface area contributed by atoms with Gasteiger partial charge in [0.25, 0.3) is 0 Å². The third-order valence-electron chi connectivity index (χ3n) is 6.67. The Bertz CT molecular complexity index is 1350. The number of hydrogen-bond donors (Lipinski definition) is 7. The van der Waals surface area contributed by atoms with E-state index in [-0.39, 0.29) is 46.3 Å². The Balaban J connectivity index is 1.33. The summed E-state index contributed by atoms with van der Waals surface area (Å²) in [5.74, 6) is -2.07. The van der Waals surface area contributed by atoms with Gasteiger partial charge in [0.1, 0.15) is 48.6 Å². The Morgan fingerprint density at radius 2 is 1.71 bits per heavy atom. The second-order valence-electron chi connectivity index (χ2n) is 9.64. The van der Waals surface area contributed by atoms with Gasteiger partial charge in [0, 0.05) is 11.6 Å². The van der Waals surface area contributed by atoms with Crippen molar-refractivity contribution in [2.75, 3.05) is 13.2 Å². The zero-order valence-electron chi connectivity index (χ0n) is 21.8. The van der Waals surface area contributed by atoms with Crippen LogP contribution in [0.2, 0.25) is 0 Å². The van der Waals surface area contributed by atoms with Crippen molar-refractivity contribution in [1.29, 1.82) is 0 Å². The minimum absolute atomic E-state index is 0.0200. The van der Waals surface area contributed by atoms with Crippen LogP contribution in [0.5, 0.6) is 23.0 Å². The third kappa shape index (κ3) is 6.51. The smallest absolute Gasteiger partial charge is 0.330 e. The number of ketones is 1. The fraction of sp³-hybridized carbons (Fsp3) is 0.357. The van der Waals surface area contributed by atoms with Crippen molar-refractivity contribution in [3.63, 3.8) is 0 Å². The molecule has 7 atom stereocenters. The quantitative estimate of drug-likeness (QED) is 0.0713. The molecule has 0 aliphatic carbocycles. The van der Waals surface area contributed by atoms with E-state index < -0.39 is 61.3 Å². The SMILES string of the molecule is C=C(CO[C@@H]1O[C@H](COC(=O)/C=C/c2ccc(O)c(O)c2)[C@@H](O)[C@H](O)[C@H]1O)[C@H]1Oc2cc(C(C)=O)c(O)cc2[C@H]1O. The molecule has 220 valence electrons. The number of Topliss-reactive ketones (excluding diaryl/α,β-unsaturated/α-hetero) is 1. The van der Waals surface area contributed by atoms with Crippen LogP contribution in [-0.4, -0.2) is 97.5 Å². The van der Waals surface area contributed by atoms with Gasteiger partial charge in [0.2, 0.25) is 0 Å². The molecule has 41 heavy (non-hydrogen) atoms. The van der Waals surface area contributed by atoms with Crippen LogP contribution in [0, 0.1) is 0 Å². The monoisotopic (exact) mass is 574 g/mol. The first-order valence-corrected chi connectivity index (χ1v) is 12.5. The van der Waals surface area contributed by atoms with E-state index in [9.17, 15) is 45.3 Å². The highest BCUT2D eigenvalue weighted by atomic mass is 16.7. The number of ether oxygens (including phenoxy) is 4. The summed E-state index contributed by atoms with van der Waals surface area (Å²) in [4.78, 5) is 23.8. The number of phenols is 3. The second kappa shape index (κ2) is 12.3. The third-order valence-corrected chi connectivity index (χ3v) is 6.67. The maximum Gasteiger partial charge on any atom is 0.330 e. The molecule has 1 saturated heterocycles. The maximum atomic E-state index is 12.1. The second-order valence-corrected chi connectivity index (χ2v) is 9.64. The van der Waals surface area contributed by atoms with Gasteiger partial charge in [-0.15, -0.1) is 0 Å². The lowest BCUT2D eigenvalue weighted by molar-refractivity contribution is -0.299. The highest BCUT2D eigenvalue weighted by Gasteiger charge is 2.45. The molecule has 0 radical (unpaired) electrons. The van der Waals surface area contributed by atoms with Gasteiger partial charge in [0.15, 0.2) is 29.7 Å². The van der Waals surface area contributed by atoms with E-state index in [2.05, 4.69) is 6.58 Å². The van der Waals surface area contributed by atoms with Crippen molar-refractivity contribution >= 4 is 17.8 Å². The van der Waals surface area contributed by atoms with E-state index in [0.717, 1.165) is 6.08 Å². The Hall–Kier alpha value is -3.98. The molecule has 13 heteroatoms. The van der Waals surface area contributed by atoms with Crippen LogP contribution in [-0.2, 0) is 19.0 Å². The van der Waals surface area contributed by atoms with E-state index in [1.165, 1.54) is 43.3 Å². The summed E-state index contributed by atoms with van der Waals surface area (Å²) in [7, 11) is 0. The van der Waals surface area contributed by atoms with Crippen molar-refractivity contribution in [3.05, 3.63) is 65.3 Å². The average molecular weight is 575 g/mol. The molecule has 0 bridgehead atoms. The zero-order chi connectivity index (χ0) is 30.0. The van der Waals surface area contributed by atoms with Crippen molar-refractivity contribution in [1.82, 2.24) is 0 Å². The Kier molecular flexibility index (Phi) is 8.97. The molecule has 0 spiro atoms. The Morgan fingerprint density at radius 1 is 0.976 bits per heavy atom. The van der Waals surface area contributed by atoms with Crippen LogP contribution < -0.4 is 4.74 Å². The summed E-state index contributed by atoms with van der Waals surface area (Å²) in [6.07, 6.45) is -7.72. The molecule has 2 aromatic carbocycles. The van der Waals surface area contributed by atoms with Crippen LogP contribution in [0.25, 0.3) is 6.08 Å². The lowest BCUT2D eigenvalue weighted by Crippen LogP contribution is -2.59. The largest absolute Gasteiger partial charge is 0.507 e. The first-order chi connectivity index (χ1) is 19.4. The number of fused-ring (bicyclic) bond motifs is 1. The van der Waals surface area contributed by atoms with Crippen LogP contribution in [0.4, 0.5) is 0 Å². The Labute approximate surface area is 233 Å². The van der Waals surface area contributed by atoms with Gasteiger partial charge < -0.3 is 54.7 Å². The summed E-state index contributed by atoms with van der Waals surface area (Å²) in [5, 5.41) is 70.6. The molecule has 1 fully saturated rings. The molecule has 0 amide bonds. The molecule has 2 aromatic rings. The fourth-order valence-corrected chi connectivity index (χ4v) is 4.35. The van der Waals surface area contributed by atoms with Gasteiger partial charge in [0.05, 0.1) is 12.2 Å². The molecule has 2 heterocycles. The number of aliphatic hydroxyl groups is 4. The van der Waals surface area contributed by atoms with E-state index in [0.29, 0.717) is 5.56 Å². The molecule has 2 aliphatic heterocycles. The number of carbonyl (C=O) groups is 2. The van der Waals surface area contributed by atoms with E-state index >= 15 is 0 Å². The van der Waals surface area contributed by atoms with Crippen LogP contribution >= 0.6 is 0 Å². The predicted molar refractivity (Wildman–Crippen MR) is 139 cm³/mol. The first-order valence-electron chi connectivity index (χ1n) is 12.5. The number of phenolic OH excluding ortho intramolecular Hbond substituents is 3. The molecule has 7 N–H and O–H groups in total. The summed E-state index contributed by atoms with van der Waals surface area (Å²) in [6, 6.07) is 6.45. The average Bonchev–Trinajstić information content (AvgIpc) is 3.25. The van der Waals surface area contributed by atoms with Crippen LogP contribution in [0.1, 0.15) is 34.5 Å². The number of carbonyl (C=O) groups excluding carboxylic acids is 2. The van der Waals surface area contributed by atoms with Gasteiger partial charge in [-0.25, -0.2) is 4.79 Å². The zero-order valence-corrected chi connectivity index (χ0v) is 21.8. The number of benzene rings is 2. The van der Waals surface area contributed by atoms with Gasteiger partial charge in [-0.1, -0.05) is 12.6 Å². The highest BCUT2D eigenvalue weighted by Crippen LogP contribution is 2.42. The molecule has 13 nitrogen and oxygen atoms in total. The number of aromatic hydroxyl groups is 3. The number of hydrogen-bond acceptors (Lipinski definition) is 13. The standard InChI is InChI=1S/C28H30O13/c1-12(27-23(34)16-8-18(31)15(13(2)29)9-20(16)40-27)10-39-28-26(37)25(36)24(35)21(41-28)11-38-22(33)6-4-14-3-5-17(30)19(32)7-14/h3-9,21,23-28,30-32,34-37H,1,10-11H2,2H3/b6-4+/t21-,23-,24-,25+,26-,27-,28-/m1/s1. The van der Waals surface area contributed by atoms with Crippen LogP contribution in [0.15, 0.2) is 48.6 Å². The van der Waals surface area contributed by atoms with E-state index in [4.69, 9.17) is 18.9 Å². The first kappa shape index (κ1) is 30.0. The van der Waals surface area contributed by atoms with E-state index in [1.807, 2.05) is 0 Å². The van der Waals surface area contributed by atoms with E-state index in [1.54, 1.807) is 0 Å². The number of esters is 1. The number of rotatable bonds is 9. The van der Waals surface area contributed by atoms with Gasteiger partial charge in [-0.3, -0.25) is 4.79 Å². The summed E-state index contributed by atoms with van der Waals surface area (Å²) in [5.41, 5.74) is 0.854. The van der Waals surface area contributed by atoms with Gasteiger partial charge >= 0.3 is 5.97 Å². The lowest BCUT2D eigenvalue weighted by atomic mass is 9.98.